The summed E-state index contributed by atoms with van der Waals surface area (Å²) in [7, 11) is 1.90. The van der Waals surface area contributed by atoms with Crippen molar-refractivity contribution in [3.8, 4) is 0 Å². The summed E-state index contributed by atoms with van der Waals surface area (Å²) in [5.74, 6) is 0.922. The Balaban J connectivity index is 0. The third-order valence-corrected chi connectivity index (χ3v) is 2.21. The van der Waals surface area contributed by atoms with Gasteiger partial charge in [0.05, 0.1) is 0 Å². The predicted molar refractivity (Wildman–Crippen MR) is 68.0 cm³/mol. The van der Waals surface area contributed by atoms with Crippen molar-refractivity contribution in [1.29, 1.82) is 0 Å². The average Bonchev–Trinajstić information content (AvgIpc) is 2.25. The molecular weight excluding hydrogens is 186 g/mol. The van der Waals surface area contributed by atoms with Gasteiger partial charge >= 0.3 is 0 Å². The molecule has 0 heterocycles. The van der Waals surface area contributed by atoms with Gasteiger partial charge in [-0.15, -0.1) is 0 Å². The minimum Gasteiger partial charge on any atom is -0.346 e. The van der Waals surface area contributed by atoms with Gasteiger partial charge in [-0.2, -0.15) is 0 Å². The molecule has 0 N–H and O–H groups in total. The summed E-state index contributed by atoms with van der Waals surface area (Å²) in [4.78, 5) is 13.3. The summed E-state index contributed by atoms with van der Waals surface area (Å²) in [6, 6.07) is 0. The first-order valence-electron chi connectivity index (χ1n) is 6.31. The lowest BCUT2D eigenvalue weighted by molar-refractivity contribution is -0.130. The molecule has 0 atom stereocenters. The lowest BCUT2D eigenvalue weighted by Gasteiger charge is -2.17. The highest BCUT2D eigenvalue weighted by Crippen LogP contribution is 2.05. The van der Waals surface area contributed by atoms with Gasteiger partial charge in [0.25, 0.3) is 0 Å². The Kier molecular flexibility index (Phi) is 13.0. The minimum atomic E-state index is 0.294. The molecule has 15 heavy (non-hydrogen) atoms. The van der Waals surface area contributed by atoms with Gasteiger partial charge in [0.1, 0.15) is 0 Å². The van der Waals surface area contributed by atoms with Crippen molar-refractivity contribution in [3.63, 3.8) is 0 Å². The fourth-order valence-corrected chi connectivity index (χ4v) is 1.12. The van der Waals surface area contributed by atoms with Crippen LogP contribution in [0.3, 0.4) is 0 Å². The number of amides is 1. The van der Waals surface area contributed by atoms with E-state index in [1.807, 2.05) is 25.8 Å². The average molecular weight is 215 g/mol. The fourth-order valence-electron chi connectivity index (χ4n) is 1.12. The van der Waals surface area contributed by atoms with Gasteiger partial charge in [-0.05, 0) is 18.8 Å². The Morgan fingerprint density at radius 2 is 1.80 bits per heavy atom. The molecule has 0 bridgehead atoms. The molecule has 0 aromatic rings. The van der Waals surface area contributed by atoms with Gasteiger partial charge in [-0.1, -0.05) is 41.0 Å². The molecule has 0 aliphatic carbocycles. The van der Waals surface area contributed by atoms with E-state index in [0.29, 0.717) is 18.2 Å². The Morgan fingerprint density at radius 3 is 2.20 bits per heavy atom. The molecule has 0 saturated heterocycles. The molecule has 0 aliphatic rings. The van der Waals surface area contributed by atoms with Crippen LogP contribution in [0.2, 0.25) is 0 Å². The topological polar surface area (TPSA) is 20.3 Å². The number of hydrogen-bond acceptors (Lipinski definition) is 1. The summed E-state index contributed by atoms with van der Waals surface area (Å²) >= 11 is 0. The van der Waals surface area contributed by atoms with Crippen LogP contribution in [0.4, 0.5) is 0 Å². The molecular formula is C13H29NO. The zero-order chi connectivity index (χ0) is 12.3. The maximum absolute atomic E-state index is 11.5. The second-order valence-corrected chi connectivity index (χ2v) is 4.10. The molecule has 0 unspecified atom stereocenters. The predicted octanol–water partition coefficient (Wildman–Crippen LogP) is 3.71. The van der Waals surface area contributed by atoms with Crippen molar-refractivity contribution < 1.29 is 4.79 Å². The number of hydrogen-bond donors (Lipinski definition) is 0. The Morgan fingerprint density at radius 1 is 1.27 bits per heavy atom. The van der Waals surface area contributed by atoms with Gasteiger partial charge in [-0.25, -0.2) is 0 Å². The summed E-state index contributed by atoms with van der Waals surface area (Å²) in [6.45, 7) is 11.4. The first-order valence-corrected chi connectivity index (χ1v) is 6.31. The minimum absolute atomic E-state index is 0.294. The molecule has 92 valence electrons. The maximum Gasteiger partial charge on any atom is 0.222 e. The normalized spacial score (nSPS) is 9.53. The van der Waals surface area contributed by atoms with Crippen LogP contribution >= 0.6 is 0 Å². The van der Waals surface area contributed by atoms with E-state index in [1.54, 1.807) is 0 Å². The highest BCUT2D eigenvalue weighted by molar-refractivity contribution is 5.75. The molecule has 1 amide bonds. The van der Waals surface area contributed by atoms with Crippen LogP contribution in [0.5, 0.6) is 0 Å². The number of carbonyl (C=O) groups excluding carboxylic acids is 1. The Labute approximate surface area is 96.0 Å². The van der Waals surface area contributed by atoms with Gasteiger partial charge in [0.2, 0.25) is 5.91 Å². The van der Waals surface area contributed by atoms with Crippen molar-refractivity contribution in [2.24, 2.45) is 5.92 Å². The van der Waals surface area contributed by atoms with Crippen molar-refractivity contribution in [2.45, 2.75) is 60.3 Å². The first kappa shape index (κ1) is 16.9. The lowest BCUT2D eigenvalue weighted by Crippen LogP contribution is -2.27. The zero-order valence-electron chi connectivity index (χ0n) is 11.5. The molecule has 0 radical (unpaired) electrons. The zero-order valence-corrected chi connectivity index (χ0v) is 11.5. The van der Waals surface area contributed by atoms with Crippen LogP contribution < -0.4 is 0 Å². The molecule has 2 nitrogen and oxygen atoms in total. The second kappa shape index (κ2) is 11.5. The largest absolute Gasteiger partial charge is 0.346 e. The van der Waals surface area contributed by atoms with Crippen LogP contribution in [-0.2, 0) is 4.79 Å². The number of rotatable bonds is 6. The molecule has 0 fully saturated rings. The van der Waals surface area contributed by atoms with Crippen LogP contribution in [0.15, 0.2) is 0 Å². The Hall–Kier alpha value is -0.530. The van der Waals surface area contributed by atoms with Crippen LogP contribution in [0.1, 0.15) is 60.3 Å². The second-order valence-electron chi connectivity index (χ2n) is 4.10. The van der Waals surface area contributed by atoms with E-state index in [1.165, 1.54) is 0 Å². The number of nitrogens with zero attached hydrogens (tertiary/aromatic N) is 1. The van der Waals surface area contributed by atoms with E-state index in [0.717, 1.165) is 25.8 Å². The van der Waals surface area contributed by atoms with Gasteiger partial charge < -0.3 is 4.90 Å². The van der Waals surface area contributed by atoms with Crippen molar-refractivity contribution in [1.82, 2.24) is 4.90 Å². The molecule has 0 aliphatic heterocycles. The van der Waals surface area contributed by atoms with E-state index < -0.39 is 0 Å². The van der Waals surface area contributed by atoms with E-state index >= 15 is 0 Å². The molecule has 0 aromatic heterocycles. The van der Waals surface area contributed by atoms with Gasteiger partial charge in [0.15, 0.2) is 0 Å². The summed E-state index contributed by atoms with van der Waals surface area (Å²) < 4.78 is 0. The van der Waals surface area contributed by atoms with Crippen molar-refractivity contribution >= 4 is 5.91 Å². The summed E-state index contributed by atoms with van der Waals surface area (Å²) in [5.41, 5.74) is 0. The summed E-state index contributed by atoms with van der Waals surface area (Å²) in [5, 5.41) is 0. The first-order chi connectivity index (χ1) is 7.07. The molecule has 0 rings (SSSR count). The highest BCUT2D eigenvalue weighted by atomic mass is 16.2. The Bertz CT molecular complexity index is 143. The number of unbranched alkanes of at least 4 members (excludes halogenated alkanes) is 1. The van der Waals surface area contributed by atoms with Gasteiger partial charge in [0, 0.05) is 20.0 Å². The SMILES string of the molecule is CC.CCCCN(C)C(=O)CCC(C)C. The van der Waals surface area contributed by atoms with Gasteiger partial charge in [-0.3, -0.25) is 4.79 Å². The molecule has 0 saturated carbocycles. The monoisotopic (exact) mass is 215 g/mol. The van der Waals surface area contributed by atoms with E-state index in [2.05, 4.69) is 20.8 Å². The molecule has 2 heteroatoms. The lowest BCUT2D eigenvalue weighted by atomic mass is 10.1. The van der Waals surface area contributed by atoms with Crippen LogP contribution in [-0.4, -0.2) is 24.4 Å². The smallest absolute Gasteiger partial charge is 0.222 e. The van der Waals surface area contributed by atoms with E-state index in [-0.39, 0.29) is 0 Å². The summed E-state index contributed by atoms with van der Waals surface area (Å²) in [6.07, 6.45) is 3.99. The van der Waals surface area contributed by atoms with Crippen molar-refractivity contribution in [2.75, 3.05) is 13.6 Å². The van der Waals surface area contributed by atoms with Crippen LogP contribution in [0, 0.1) is 5.92 Å². The van der Waals surface area contributed by atoms with E-state index in [9.17, 15) is 4.79 Å². The highest BCUT2D eigenvalue weighted by Gasteiger charge is 2.07. The third-order valence-electron chi connectivity index (χ3n) is 2.21. The molecule has 0 aromatic carbocycles. The van der Waals surface area contributed by atoms with Crippen LogP contribution in [0.25, 0.3) is 0 Å². The molecule has 0 spiro atoms. The van der Waals surface area contributed by atoms with Crippen molar-refractivity contribution in [3.05, 3.63) is 0 Å². The quantitative estimate of drug-likeness (QED) is 0.661. The third kappa shape index (κ3) is 11.4. The standard InChI is InChI=1S/C11H23NO.C2H6/c1-5-6-9-12(4)11(13)8-7-10(2)3;1-2/h10H,5-9H2,1-4H3;1-2H3. The van der Waals surface area contributed by atoms with E-state index in [4.69, 9.17) is 0 Å². The maximum atomic E-state index is 11.5. The number of carbonyl (C=O) groups is 1. The fraction of sp³-hybridized carbons (Fsp3) is 0.923.